The summed E-state index contributed by atoms with van der Waals surface area (Å²) in [6.45, 7) is 2.17. The van der Waals surface area contributed by atoms with Gasteiger partial charge in [0.15, 0.2) is 0 Å². The van der Waals surface area contributed by atoms with E-state index in [4.69, 9.17) is 0 Å². The molecule has 1 aromatic heterocycles. The Balaban J connectivity index is 1.84. The van der Waals surface area contributed by atoms with E-state index in [0.29, 0.717) is 12.1 Å². The zero-order valence-electron chi connectivity index (χ0n) is 8.49. The number of nitrogens with zero attached hydrogens (tertiary/aromatic N) is 1. The van der Waals surface area contributed by atoms with E-state index >= 15 is 0 Å². The average Bonchev–Trinajstić information content (AvgIpc) is 2.72. The number of aromatic nitrogens is 2. The maximum Gasteiger partial charge on any atom is 0.122 e. The molecule has 4 heteroatoms. The third-order valence-electron chi connectivity index (χ3n) is 2.64. The Morgan fingerprint density at radius 2 is 2.36 bits per heavy atom. The Labute approximate surface area is 89.1 Å². The highest BCUT2D eigenvalue weighted by Gasteiger charge is 2.17. The van der Waals surface area contributed by atoms with E-state index in [9.17, 15) is 0 Å². The van der Waals surface area contributed by atoms with Crippen LogP contribution in [0, 0.1) is 0 Å². The first kappa shape index (κ1) is 10.1. The summed E-state index contributed by atoms with van der Waals surface area (Å²) in [4.78, 5) is 7.41. The number of H-pyrrole nitrogens is 1. The SMILES string of the molecule is CC(NC1CCSCC1)c1ncc[nH]1. The third kappa shape index (κ3) is 2.51. The minimum atomic E-state index is 0.345. The van der Waals surface area contributed by atoms with Crippen LogP contribution in [0.2, 0.25) is 0 Å². The first-order valence-electron chi connectivity index (χ1n) is 5.19. The molecule has 1 fully saturated rings. The Morgan fingerprint density at radius 3 is 3.00 bits per heavy atom. The van der Waals surface area contributed by atoms with Crippen molar-refractivity contribution in [1.82, 2.24) is 15.3 Å². The van der Waals surface area contributed by atoms with Gasteiger partial charge in [0.1, 0.15) is 5.82 Å². The highest BCUT2D eigenvalue weighted by atomic mass is 32.2. The number of thioether (sulfide) groups is 1. The predicted octanol–water partition coefficient (Wildman–Crippen LogP) is 1.96. The number of nitrogens with one attached hydrogen (secondary N) is 2. The molecule has 2 rings (SSSR count). The van der Waals surface area contributed by atoms with E-state index in [1.807, 2.05) is 12.4 Å². The van der Waals surface area contributed by atoms with Gasteiger partial charge in [-0.05, 0) is 31.3 Å². The van der Waals surface area contributed by atoms with Gasteiger partial charge in [-0.3, -0.25) is 0 Å². The molecule has 1 aliphatic heterocycles. The Kier molecular flexibility index (Phi) is 3.48. The molecule has 3 nitrogen and oxygen atoms in total. The fraction of sp³-hybridized carbons (Fsp3) is 0.700. The van der Waals surface area contributed by atoms with Gasteiger partial charge in [0.2, 0.25) is 0 Å². The van der Waals surface area contributed by atoms with Crippen LogP contribution in [-0.2, 0) is 0 Å². The highest BCUT2D eigenvalue weighted by molar-refractivity contribution is 7.99. The van der Waals surface area contributed by atoms with Gasteiger partial charge in [-0.15, -0.1) is 0 Å². The van der Waals surface area contributed by atoms with Gasteiger partial charge < -0.3 is 10.3 Å². The lowest BCUT2D eigenvalue weighted by molar-refractivity contribution is 0.421. The van der Waals surface area contributed by atoms with Crippen molar-refractivity contribution in [1.29, 1.82) is 0 Å². The molecule has 1 saturated heterocycles. The van der Waals surface area contributed by atoms with Crippen LogP contribution in [0.4, 0.5) is 0 Å². The molecule has 0 aliphatic carbocycles. The molecule has 0 saturated carbocycles. The van der Waals surface area contributed by atoms with Gasteiger partial charge >= 0.3 is 0 Å². The van der Waals surface area contributed by atoms with Crippen LogP contribution in [0.5, 0.6) is 0 Å². The van der Waals surface area contributed by atoms with Crippen LogP contribution in [0.15, 0.2) is 12.4 Å². The standard InChI is InChI=1S/C10H17N3S/c1-8(10-11-4-5-12-10)13-9-2-6-14-7-3-9/h4-5,8-9,13H,2-3,6-7H2,1H3,(H,11,12). The van der Waals surface area contributed by atoms with Crippen LogP contribution in [-0.4, -0.2) is 27.5 Å². The van der Waals surface area contributed by atoms with Crippen LogP contribution in [0.3, 0.4) is 0 Å². The Hall–Kier alpha value is -0.480. The minimum absolute atomic E-state index is 0.345. The lowest BCUT2D eigenvalue weighted by Crippen LogP contribution is -2.34. The monoisotopic (exact) mass is 211 g/mol. The summed E-state index contributed by atoms with van der Waals surface area (Å²) in [7, 11) is 0. The zero-order valence-corrected chi connectivity index (χ0v) is 9.31. The van der Waals surface area contributed by atoms with Crippen molar-refractivity contribution in [2.24, 2.45) is 0 Å². The molecule has 2 N–H and O–H groups in total. The molecule has 0 radical (unpaired) electrons. The molecular formula is C10H17N3S. The molecule has 14 heavy (non-hydrogen) atoms. The van der Waals surface area contributed by atoms with Crippen molar-refractivity contribution in [3.8, 4) is 0 Å². The number of rotatable bonds is 3. The van der Waals surface area contributed by atoms with Gasteiger partial charge in [-0.25, -0.2) is 4.98 Å². The van der Waals surface area contributed by atoms with Crippen LogP contribution in [0.25, 0.3) is 0 Å². The lowest BCUT2D eigenvalue weighted by atomic mass is 10.1. The van der Waals surface area contributed by atoms with E-state index in [1.54, 1.807) is 0 Å². The normalized spacial score (nSPS) is 20.9. The highest BCUT2D eigenvalue weighted by Crippen LogP contribution is 2.19. The van der Waals surface area contributed by atoms with Crippen molar-refractivity contribution in [3.05, 3.63) is 18.2 Å². The van der Waals surface area contributed by atoms with Crippen molar-refractivity contribution >= 4 is 11.8 Å². The fourth-order valence-corrected chi connectivity index (χ4v) is 2.92. The third-order valence-corrected chi connectivity index (χ3v) is 3.69. The molecule has 1 aliphatic rings. The molecule has 78 valence electrons. The van der Waals surface area contributed by atoms with Crippen molar-refractivity contribution < 1.29 is 0 Å². The maximum absolute atomic E-state index is 4.26. The van der Waals surface area contributed by atoms with Gasteiger partial charge in [-0.2, -0.15) is 11.8 Å². The van der Waals surface area contributed by atoms with Crippen molar-refractivity contribution in [3.63, 3.8) is 0 Å². The topological polar surface area (TPSA) is 40.7 Å². The summed E-state index contributed by atoms with van der Waals surface area (Å²) in [5.74, 6) is 3.63. The largest absolute Gasteiger partial charge is 0.347 e. The maximum atomic E-state index is 4.26. The first-order valence-corrected chi connectivity index (χ1v) is 6.35. The Bertz CT molecular complexity index is 254. The minimum Gasteiger partial charge on any atom is -0.347 e. The molecule has 1 atom stereocenters. The molecule has 1 aromatic rings. The quantitative estimate of drug-likeness (QED) is 0.803. The van der Waals surface area contributed by atoms with E-state index in [-0.39, 0.29) is 0 Å². The number of imidazole rings is 1. The number of hydrogen-bond donors (Lipinski definition) is 2. The average molecular weight is 211 g/mol. The van der Waals surface area contributed by atoms with Gasteiger partial charge in [-0.1, -0.05) is 0 Å². The molecular weight excluding hydrogens is 194 g/mol. The van der Waals surface area contributed by atoms with Gasteiger partial charge in [0, 0.05) is 18.4 Å². The lowest BCUT2D eigenvalue weighted by Gasteiger charge is -2.25. The fourth-order valence-electron chi connectivity index (χ4n) is 1.81. The van der Waals surface area contributed by atoms with Crippen LogP contribution < -0.4 is 5.32 Å². The molecule has 2 heterocycles. The summed E-state index contributed by atoms with van der Waals surface area (Å²) in [6.07, 6.45) is 6.26. The second-order valence-electron chi connectivity index (χ2n) is 3.75. The van der Waals surface area contributed by atoms with E-state index in [1.165, 1.54) is 24.3 Å². The van der Waals surface area contributed by atoms with E-state index in [0.717, 1.165) is 5.82 Å². The van der Waals surface area contributed by atoms with E-state index in [2.05, 4.69) is 34.0 Å². The number of hydrogen-bond acceptors (Lipinski definition) is 3. The molecule has 0 spiro atoms. The van der Waals surface area contributed by atoms with Crippen LogP contribution >= 0.6 is 11.8 Å². The molecule has 0 bridgehead atoms. The van der Waals surface area contributed by atoms with Gasteiger partial charge in [0.05, 0.1) is 6.04 Å². The van der Waals surface area contributed by atoms with Gasteiger partial charge in [0.25, 0.3) is 0 Å². The predicted molar refractivity (Wildman–Crippen MR) is 60.5 cm³/mol. The second-order valence-corrected chi connectivity index (χ2v) is 4.97. The van der Waals surface area contributed by atoms with Crippen molar-refractivity contribution in [2.45, 2.75) is 31.8 Å². The first-order chi connectivity index (χ1) is 6.86. The summed E-state index contributed by atoms with van der Waals surface area (Å²) in [6, 6.07) is 1.02. The summed E-state index contributed by atoms with van der Waals surface area (Å²) in [5, 5.41) is 3.61. The van der Waals surface area contributed by atoms with Crippen LogP contribution in [0.1, 0.15) is 31.6 Å². The second kappa shape index (κ2) is 4.84. The number of aromatic amines is 1. The molecule has 0 amide bonds. The van der Waals surface area contributed by atoms with E-state index < -0.39 is 0 Å². The molecule has 0 aromatic carbocycles. The zero-order chi connectivity index (χ0) is 9.80. The summed E-state index contributed by atoms with van der Waals surface area (Å²) in [5.41, 5.74) is 0. The molecule has 1 unspecified atom stereocenters. The summed E-state index contributed by atoms with van der Waals surface area (Å²) >= 11 is 2.06. The smallest absolute Gasteiger partial charge is 0.122 e. The Morgan fingerprint density at radius 1 is 1.57 bits per heavy atom. The van der Waals surface area contributed by atoms with Crippen molar-refractivity contribution in [2.75, 3.05) is 11.5 Å². The summed E-state index contributed by atoms with van der Waals surface area (Å²) < 4.78 is 0.